The minimum absolute atomic E-state index is 0.700. The van der Waals surface area contributed by atoms with Crippen LogP contribution in [-0.2, 0) is 0 Å². The molecule has 0 spiro atoms. The topological polar surface area (TPSA) is 38.7 Å². The van der Waals surface area contributed by atoms with Crippen LogP contribution in [0.1, 0.15) is 11.4 Å². The maximum absolute atomic E-state index is 4.70. The lowest BCUT2D eigenvalue weighted by molar-refractivity contribution is 0.992. The molecule has 0 aliphatic carbocycles. The van der Waals surface area contributed by atoms with Crippen LogP contribution in [0.3, 0.4) is 0 Å². The van der Waals surface area contributed by atoms with E-state index in [1.165, 1.54) is 11.1 Å². The van der Waals surface area contributed by atoms with E-state index in [1.807, 2.05) is 49.4 Å². The minimum atomic E-state index is 0.700. The third-order valence-corrected chi connectivity index (χ3v) is 4.25. The summed E-state index contributed by atoms with van der Waals surface area (Å²) in [4.78, 5) is 13.8. The summed E-state index contributed by atoms with van der Waals surface area (Å²) in [5.74, 6) is 2.12. The molecule has 0 aliphatic rings. The summed E-state index contributed by atoms with van der Waals surface area (Å²) in [6.45, 7) is 4.01. The van der Waals surface area contributed by atoms with Gasteiger partial charge in [-0.2, -0.15) is 0 Å². The predicted molar refractivity (Wildman–Crippen MR) is 106 cm³/mol. The van der Waals surface area contributed by atoms with Gasteiger partial charge in [-0.05, 0) is 31.0 Å². The lowest BCUT2D eigenvalue weighted by Crippen LogP contribution is -1.99. The molecule has 4 aromatic rings. The third-order valence-electron chi connectivity index (χ3n) is 4.25. The fourth-order valence-electron chi connectivity index (χ4n) is 2.99. The van der Waals surface area contributed by atoms with Gasteiger partial charge in [-0.3, -0.25) is 0 Å². The Morgan fingerprint density at radius 2 is 1.08 bits per heavy atom. The predicted octanol–water partition coefficient (Wildman–Crippen LogP) is 5.49. The molecule has 4 rings (SSSR count). The summed E-state index contributed by atoms with van der Waals surface area (Å²) >= 11 is 0. The SMILES string of the molecule is Cc1cccc(-c2cccc(-c3nc(C)nc(-c4ccccc4)n3)c2)c1. The van der Waals surface area contributed by atoms with E-state index < -0.39 is 0 Å². The first-order chi connectivity index (χ1) is 12.7. The molecule has 0 bridgehead atoms. The van der Waals surface area contributed by atoms with Crippen molar-refractivity contribution >= 4 is 0 Å². The average molecular weight is 337 g/mol. The molecule has 3 nitrogen and oxygen atoms in total. The van der Waals surface area contributed by atoms with Gasteiger partial charge in [0.2, 0.25) is 0 Å². The van der Waals surface area contributed by atoms with Gasteiger partial charge < -0.3 is 0 Å². The highest BCUT2D eigenvalue weighted by Crippen LogP contribution is 2.26. The van der Waals surface area contributed by atoms with E-state index in [4.69, 9.17) is 4.98 Å². The van der Waals surface area contributed by atoms with Gasteiger partial charge in [0, 0.05) is 11.1 Å². The molecule has 3 heteroatoms. The lowest BCUT2D eigenvalue weighted by Gasteiger charge is -2.08. The van der Waals surface area contributed by atoms with Crippen molar-refractivity contribution in [3.8, 4) is 33.9 Å². The van der Waals surface area contributed by atoms with Crippen LogP contribution in [0.25, 0.3) is 33.9 Å². The highest BCUT2D eigenvalue weighted by atomic mass is 15.0. The summed E-state index contributed by atoms with van der Waals surface area (Å²) in [7, 11) is 0. The van der Waals surface area contributed by atoms with E-state index in [0.717, 1.165) is 22.5 Å². The Hall–Kier alpha value is -3.33. The first kappa shape index (κ1) is 16.2. The second kappa shape index (κ2) is 6.89. The van der Waals surface area contributed by atoms with Crippen molar-refractivity contribution in [1.29, 1.82) is 0 Å². The van der Waals surface area contributed by atoms with Crippen LogP contribution >= 0.6 is 0 Å². The number of benzene rings is 3. The largest absolute Gasteiger partial charge is 0.213 e. The summed E-state index contributed by atoms with van der Waals surface area (Å²) in [5.41, 5.74) is 5.59. The number of hydrogen-bond donors (Lipinski definition) is 0. The standard InChI is InChI=1S/C23H19N3/c1-16-8-6-11-19(14-16)20-12-7-13-21(15-20)23-25-17(2)24-22(26-23)18-9-4-3-5-10-18/h3-15H,1-2H3. The zero-order valence-electron chi connectivity index (χ0n) is 14.8. The van der Waals surface area contributed by atoms with E-state index in [9.17, 15) is 0 Å². The Bertz CT molecular complexity index is 1060. The third kappa shape index (κ3) is 3.38. The Balaban J connectivity index is 1.79. The maximum atomic E-state index is 4.70. The molecule has 26 heavy (non-hydrogen) atoms. The Morgan fingerprint density at radius 1 is 0.500 bits per heavy atom. The molecule has 0 radical (unpaired) electrons. The van der Waals surface area contributed by atoms with Crippen molar-refractivity contribution in [2.45, 2.75) is 13.8 Å². The van der Waals surface area contributed by atoms with Crippen molar-refractivity contribution < 1.29 is 0 Å². The molecule has 1 heterocycles. The van der Waals surface area contributed by atoms with Crippen molar-refractivity contribution in [2.24, 2.45) is 0 Å². The van der Waals surface area contributed by atoms with Crippen molar-refractivity contribution in [3.05, 3.63) is 90.3 Å². The number of hydrogen-bond acceptors (Lipinski definition) is 3. The van der Waals surface area contributed by atoms with Crippen LogP contribution in [0.5, 0.6) is 0 Å². The molecule has 3 aromatic carbocycles. The van der Waals surface area contributed by atoms with Gasteiger partial charge in [0.15, 0.2) is 11.6 Å². The van der Waals surface area contributed by atoms with Crippen LogP contribution in [-0.4, -0.2) is 15.0 Å². The highest BCUT2D eigenvalue weighted by molar-refractivity contribution is 5.71. The fourth-order valence-corrected chi connectivity index (χ4v) is 2.99. The molecule has 1 aromatic heterocycles. The second-order valence-electron chi connectivity index (χ2n) is 6.35. The summed E-state index contributed by atoms with van der Waals surface area (Å²) in [6, 6.07) is 26.9. The summed E-state index contributed by atoms with van der Waals surface area (Å²) in [6.07, 6.45) is 0. The van der Waals surface area contributed by atoms with Crippen LogP contribution in [0.4, 0.5) is 0 Å². The fraction of sp³-hybridized carbons (Fsp3) is 0.0870. The first-order valence-corrected chi connectivity index (χ1v) is 8.65. The van der Waals surface area contributed by atoms with E-state index >= 15 is 0 Å². The average Bonchev–Trinajstić information content (AvgIpc) is 2.68. The number of aromatic nitrogens is 3. The first-order valence-electron chi connectivity index (χ1n) is 8.65. The van der Waals surface area contributed by atoms with E-state index in [-0.39, 0.29) is 0 Å². The van der Waals surface area contributed by atoms with E-state index in [1.54, 1.807) is 0 Å². The van der Waals surface area contributed by atoms with E-state index in [0.29, 0.717) is 11.6 Å². The molecule has 126 valence electrons. The molecule has 0 fully saturated rings. The number of nitrogens with zero attached hydrogens (tertiary/aromatic N) is 3. The van der Waals surface area contributed by atoms with Crippen LogP contribution in [0.15, 0.2) is 78.9 Å². The van der Waals surface area contributed by atoms with Crippen molar-refractivity contribution in [3.63, 3.8) is 0 Å². The monoisotopic (exact) mass is 337 g/mol. The van der Waals surface area contributed by atoms with Gasteiger partial charge in [-0.1, -0.05) is 78.4 Å². The maximum Gasteiger partial charge on any atom is 0.163 e. The lowest BCUT2D eigenvalue weighted by atomic mass is 10.0. The van der Waals surface area contributed by atoms with Gasteiger partial charge in [-0.25, -0.2) is 15.0 Å². The van der Waals surface area contributed by atoms with Crippen molar-refractivity contribution in [2.75, 3.05) is 0 Å². The molecule has 0 saturated heterocycles. The molecular formula is C23H19N3. The molecule has 0 amide bonds. The van der Waals surface area contributed by atoms with Gasteiger partial charge in [0.1, 0.15) is 5.82 Å². The van der Waals surface area contributed by atoms with Gasteiger partial charge in [0.05, 0.1) is 0 Å². The molecule has 0 unspecified atom stereocenters. The van der Waals surface area contributed by atoms with Gasteiger partial charge in [-0.15, -0.1) is 0 Å². The minimum Gasteiger partial charge on any atom is -0.213 e. The molecule has 0 atom stereocenters. The Morgan fingerprint density at radius 3 is 1.81 bits per heavy atom. The summed E-state index contributed by atoms with van der Waals surface area (Å²) in [5, 5.41) is 0. The van der Waals surface area contributed by atoms with Crippen LogP contribution in [0.2, 0.25) is 0 Å². The van der Waals surface area contributed by atoms with Crippen molar-refractivity contribution in [1.82, 2.24) is 15.0 Å². The highest BCUT2D eigenvalue weighted by Gasteiger charge is 2.09. The van der Waals surface area contributed by atoms with Gasteiger partial charge >= 0.3 is 0 Å². The molecule has 0 saturated carbocycles. The Kier molecular flexibility index (Phi) is 4.28. The molecule has 0 aliphatic heterocycles. The normalized spacial score (nSPS) is 10.7. The van der Waals surface area contributed by atoms with E-state index in [2.05, 4.69) is 53.3 Å². The van der Waals surface area contributed by atoms with Crippen LogP contribution in [0, 0.1) is 13.8 Å². The molecule has 0 N–H and O–H groups in total. The summed E-state index contributed by atoms with van der Waals surface area (Å²) < 4.78 is 0. The second-order valence-corrected chi connectivity index (χ2v) is 6.35. The molecular weight excluding hydrogens is 318 g/mol. The smallest absolute Gasteiger partial charge is 0.163 e. The van der Waals surface area contributed by atoms with Gasteiger partial charge in [0.25, 0.3) is 0 Å². The van der Waals surface area contributed by atoms with Crippen LogP contribution < -0.4 is 0 Å². The number of rotatable bonds is 3. The number of aryl methyl sites for hydroxylation is 2. The Labute approximate surface area is 153 Å². The zero-order chi connectivity index (χ0) is 17.9. The zero-order valence-corrected chi connectivity index (χ0v) is 14.8. The quantitative estimate of drug-likeness (QED) is 0.496.